The second kappa shape index (κ2) is 8.90. The number of nitrogen functional groups attached to an aromatic ring is 1. The fourth-order valence-electron chi connectivity index (χ4n) is 2.03. The fraction of sp³-hybridized carbons (Fsp3) is 0.562. The summed E-state index contributed by atoms with van der Waals surface area (Å²) in [6, 6.07) is 8.01. The van der Waals surface area contributed by atoms with Gasteiger partial charge in [0.2, 0.25) is 5.91 Å². The Morgan fingerprint density at radius 3 is 2.55 bits per heavy atom. The fourth-order valence-corrected chi connectivity index (χ4v) is 2.84. The summed E-state index contributed by atoms with van der Waals surface area (Å²) in [6.45, 7) is 6.30. The Bertz CT molecular complexity index is 405. The first-order chi connectivity index (χ1) is 9.52. The minimum Gasteiger partial charge on any atom is -0.399 e. The SMILES string of the molecule is CCSCCC(C)NC(=O)CC(C)c1ccc(N)cc1. The molecule has 1 rings (SSSR count). The minimum atomic E-state index is 0.128. The van der Waals surface area contributed by atoms with Crippen molar-refractivity contribution in [3.63, 3.8) is 0 Å². The molecule has 0 spiro atoms. The van der Waals surface area contributed by atoms with Gasteiger partial charge in [-0.2, -0.15) is 11.8 Å². The van der Waals surface area contributed by atoms with E-state index in [0.717, 1.165) is 29.2 Å². The van der Waals surface area contributed by atoms with Gasteiger partial charge in [0.25, 0.3) is 0 Å². The van der Waals surface area contributed by atoms with E-state index in [1.807, 2.05) is 36.0 Å². The molecule has 1 amide bonds. The zero-order valence-electron chi connectivity index (χ0n) is 12.7. The maximum absolute atomic E-state index is 12.0. The van der Waals surface area contributed by atoms with Crippen LogP contribution in [0.5, 0.6) is 0 Å². The van der Waals surface area contributed by atoms with E-state index in [1.165, 1.54) is 0 Å². The summed E-state index contributed by atoms with van der Waals surface area (Å²) in [5.74, 6) is 2.58. The van der Waals surface area contributed by atoms with E-state index in [2.05, 4.69) is 26.1 Å². The number of amides is 1. The van der Waals surface area contributed by atoms with Gasteiger partial charge in [-0.1, -0.05) is 26.0 Å². The number of nitrogens with two attached hydrogens (primary N) is 1. The highest BCUT2D eigenvalue weighted by Crippen LogP contribution is 2.20. The smallest absolute Gasteiger partial charge is 0.220 e. The van der Waals surface area contributed by atoms with Gasteiger partial charge in [0.1, 0.15) is 0 Å². The first-order valence-electron chi connectivity index (χ1n) is 7.25. The number of benzene rings is 1. The molecule has 3 N–H and O–H groups in total. The number of hydrogen-bond donors (Lipinski definition) is 2. The zero-order valence-corrected chi connectivity index (χ0v) is 13.5. The molecular formula is C16H26N2OS. The first kappa shape index (κ1) is 16.9. The molecule has 0 saturated carbocycles. The number of thioether (sulfide) groups is 1. The number of anilines is 1. The predicted octanol–water partition coefficient (Wildman–Crippen LogP) is 3.41. The van der Waals surface area contributed by atoms with Crippen LogP contribution in [-0.4, -0.2) is 23.5 Å². The van der Waals surface area contributed by atoms with Crippen LogP contribution in [0.15, 0.2) is 24.3 Å². The molecule has 0 aliphatic carbocycles. The summed E-state index contributed by atoms with van der Waals surface area (Å²) in [7, 11) is 0. The van der Waals surface area contributed by atoms with Crippen molar-refractivity contribution in [2.24, 2.45) is 0 Å². The Kier molecular flexibility index (Phi) is 7.52. The topological polar surface area (TPSA) is 55.1 Å². The number of nitrogens with one attached hydrogen (secondary N) is 1. The normalized spacial score (nSPS) is 13.8. The maximum atomic E-state index is 12.0. The van der Waals surface area contributed by atoms with Gasteiger partial charge < -0.3 is 11.1 Å². The monoisotopic (exact) mass is 294 g/mol. The van der Waals surface area contributed by atoms with Crippen LogP contribution < -0.4 is 11.1 Å². The van der Waals surface area contributed by atoms with Crippen LogP contribution in [0.1, 0.15) is 45.1 Å². The van der Waals surface area contributed by atoms with E-state index in [9.17, 15) is 4.79 Å². The summed E-state index contributed by atoms with van der Waals surface area (Å²) in [5.41, 5.74) is 7.58. The van der Waals surface area contributed by atoms with Crippen LogP contribution in [0.25, 0.3) is 0 Å². The number of carbonyl (C=O) groups is 1. The number of carbonyl (C=O) groups excluding carboxylic acids is 1. The van der Waals surface area contributed by atoms with Crippen molar-refractivity contribution in [3.05, 3.63) is 29.8 Å². The summed E-state index contributed by atoms with van der Waals surface area (Å²) in [6.07, 6.45) is 1.55. The van der Waals surface area contributed by atoms with Crippen LogP contribution in [0, 0.1) is 0 Å². The third-order valence-electron chi connectivity index (χ3n) is 3.30. The molecule has 0 fully saturated rings. The highest BCUT2D eigenvalue weighted by Gasteiger charge is 2.13. The van der Waals surface area contributed by atoms with E-state index in [-0.39, 0.29) is 17.9 Å². The van der Waals surface area contributed by atoms with Crippen LogP contribution in [0.2, 0.25) is 0 Å². The maximum Gasteiger partial charge on any atom is 0.220 e. The Morgan fingerprint density at radius 2 is 1.95 bits per heavy atom. The summed E-state index contributed by atoms with van der Waals surface area (Å²) in [4.78, 5) is 12.0. The Hall–Kier alpha value is -1.16. The van der Waals surface area contributed by atoms with Crippen molar-refractivity contribution in [2.45, 2.75) is 45.6 Å². The van der Waals surface area contributed by atoms with E-state index >= 15 is 0 Å². The third-order valence-corrected chi connectivity index (χ3v) is 4.24. The van der Waals surface area contributed by atoms with Crippen molar-refractivity contribution >= 4 is 23.4 Å². The standard InChI is InChI=1S/C16H26N2OS/c1-4-20-10-9-13(3)18-16(19)11-12(2)14-5-7-15(17)8-6-14/h5-8,12-13H,4,9-11,17H2,1-3H3,(H,18,19). The van der Waals surface area contributed by atoms with Gasteiger partial charge in [-0.15, -0.1) is 0 Å². The average molecular weight is 294 g/mol. The quantitative estimate of drug-likeness (QED) is 0.570. The Morgan fingerprint density at radius 1 is 1.30 bits per heavy atom. The van der Waals surface area contributed by atoms with Crippen molar-refractivity contribution in [2.75, 3.05) is 17.2 Å². The zero-order chi connectivity index (χ0) is 15.0. The van der Waals surface area contributed by atoms with E-state index in [4.69, 9.17) is 5.73 Å². The lowest BCUT2D eigenvalue weighted by molar-refractivity contribution is -0.122. The highest BCUT2D eigenvalue weighted by atomic mass is 32.2. The Balaban J connectivity index is 2.35. The molecule has 4 heteroatoms. The lowest BCUT2D eigenvalue weighted by Crippen LogP contribution is -2.33. The molecule has 20 heavy (non-hydrogen) atoms. The first-order valence-corrected chi connectivity index (χ1v) is 8.41. The van der Waals surface area contributed by atoms with Gasteiger partial charge in [0.15, 0.2) is 0 Å². The van der Waals surface area contributed by atoms with Crippen molar-refractivity contribution in [1.29, 1.82) is 0 Å². The second-order valence-electron chi connectivity index (χ2n) is 5.23. The van der Waals surface area contributed by atoms with Crippen molar-refractivity contribution < 1.29 is 4.79 Å². The third kappa shape index (κ3) is 6.33. The summed E-state index contributed by atoms with van der Waals surface area (Å²) in [5, 5.41) is 3.07. The van der Waals surface area contributed by atoms with Gasteiger partial charge in [-0.25, -0.2) is 0 Å². The number of rotatable bonds is 8. The molecule has 0 heterocycles. The van der Waals surface area contributed by atoms with Crippen LogP contribution in [0.3, 0.4) is 0 Å². The van der Waals surface area contributed by atoms with Gasteiger partial charge in [-0.05, 0) is 48.5 Å². The van der Waals surface area contributed by atoms with Gasteiger partial charge >= 0.3 is 0 Å². The molecule has 0 aliphatic heterocycles. The molecule has 1 aromatic rings. The molecule has 0 aliphatic rings. The lowest BCUT2D eigenvalue weighted by Gasteiger charge is -2.16. The molecule has 3 nitrogen and oxygen atoms in total. The second-order valence-corrected chi connectivity index (χ2v) is 6.62. The largest absolute Gasteiger partial charge is 0.399 e. The highest BCUT2D eigenvalue weighted by molar-refractivity contribution is 7.99. The van der Waals surface area contributed by atoms with Crippen LogP contribution >= 0.6 is 11.8 Å². The summed E-state index contributed by atoms with van der Waals surface area (Å²) < 4.78 is 0. The van der Waals surface area contributed by atoms with Gasteiger partial charge in [-0.3, -0.25) is 4.79 Å². The molecule has 1 aromatic carbocycles. The molecule has 2 unspecified atom stereocenters. The summed E-state index contributed by atoms with van der Waals surface area (Å²) >= 11 is 1.91. The molecule has 2 atom stereocenters. The van der Waals surface area contributed by atoms with E-state index < -0.39 is 0 Å². The predicted molar refractivity (Wildman–Crippen MR) is 89.1 cm³/mol. The minimum absolute atomic E-state index is 0.128. The molecule has 0 bridgehead atoms. The lowest BCUT2D eigenvalue weighted by atomic mass is 9.97. The van der Waals surface area contributed by atoms with Crippen LogP contribution in [-0.2, 0) is 4.79 Å². The Labute approximate surface area is 126 Å². The van der Waals surface area contributed by atoms with E-state index in [0.29, 0.717) is 6.42 Å². The van der Waals surface area contributed by atoms with Gasteiger partial charge in [0.05, 0.1) is 0 Å². The van der Waals surface area contributed by atoms with Crippen molar-refractivity contribution in [3.8, 4) is 0 Å². The average Bonchev–Trinajstić information content (AvgIpc) is 2.39. The molecule has 0 radical (unpaired) electrons. The molecule has 112 valence electrons. The van der Waals surface area contributed by atoms with Crippen LogP contribution in [0.4, 0.5) is 5.69 Å². The van der Waals surface area contributed by atoms with E-state index in [1.54, 1.807) is 0 Å². The number of hydrogen-bond acceptors (Lipinski definition) is 3. The van der Waals surface area contributed by atoms with Crippen molar-refractivity contribution in [1.82, 2.24) is 5.32 Å². The molecule has 0 saturated heterocycles. The molecule has 0 aromatic heterocycles. The molecular weight excluding hydrogens is 268 g/mol. The van der Waals surface area contributed by atoms with Gasteiger partial charge in [0, 0.05) is 18.2 Å².